The fraction of sp³-hybridized carbons (Fsp3) is 0.727. The van der Waals surface area contributed by atoms with E-state index < -0.39 is 0 Å². The third-order valence-electron chi connectivity index (χ3n) is 2.53. The lowest BCUT2D eigenvalue weighted by Crippen LogP contribution is -2.45. The summed E-state index contributed by atoms with van der Waals surface area (Å²) < 4.78 is 0. The van der Waals surface area contributed by atoms with Crippen LogP contribution in [0.3, 0.4) is 0 Å². The topological polar surface area (TPSA) is 41.1 Å². The summed E-state index contributed by atoms with van der Waals surface area (Å²) in [5.41, 5.74) is 1.33. The monoisotopic (exact) mass is 196 g/mol. The number of carbonyl (C=O) groups excluding carboxylic acids is 1. The number of urea groups is 1. The average molecular weight is 196 g/mol. The molecule has 3 nitrogen and oxygen atoms in total. The van der Waals surface area contributed by atoms with Crippen molar-refractivity contribution in [1.82, 2.24) is 10.6 Å². The highest BCUT2D eigenvalue weighted by Gasteiger charge is 2.19. The molecule has 1 aliphatic rings. The van der Waals surface area contributed by atoms with Crippen LogP contribution in [0.15, 0.2) is 11.8 Å². The number of rotatable bonds is 5. The summed E-state index contributed by atoms with van der Waals surface area (Å²) >= 11 is 0. The van der Waals surface area contributed by atoms with Crippen LogP contribution >= 0.6 is 0 Å². The van der Waals surface area contributed by atoms with Crippen LogP contribution < -0.4 is 10.6 Å². The smallest absolute Gasteiger partial charge is 0.319 e. The second-order valence-corrected chi connectivity index (χ2v) is 3.78. The first-order valence-corrected chi connectivity index (χ1v) is 5.53. The van der Waals surface area contributed by atoms with Crippen LogP contribution in [0.4, 0.5) is 4.79 Å². The summed E-state index contributed by atoms with van der Waals surface area (Å²) in [4.78, 5) is 11.1. The summed E-state index contributed by atoms with van der Waals surface area (Å²) in [6, 6.07) is 0.203. The van der Waals surface area contributed by atoms with Crippen LogP contribution in [0, 0.1) is 0 Å². The van der Waals surface area contributed by atoms with Crippen LogP contribution in [-0.4, -0.2) is 12.1 Å². The molecular weight excluding hydrogens is 176 g/mol. The van der Waals surface area contributed by atoms with Gasteiger partial charge in [0.2, 0.25) is 0 Å². The standard InChI is InChI=1S/C11H20N2O/c1-3-5-7-10-9(6-4-2)8-12-11(14)13-10/h8,10H,3-7H2,1-2H3,(H2,12,13,14). The molecule has 1 rings (SSSR count). The number of nitrogens with one attached hydrogen (secondary N) is 2. The van der Waals surface area contributed by atoms with Crippen molar-refractivity contribution in [3.05, 3.63) is 11.8 Å². The first-order valence-electron chi connectivity index (χ1n) is 5.53. The maximum Gasteiger partial charge on any atom is 0.319 e. The maximum atomic E-state index is 11.1. The fourth-order valence-corrected chi connectivity index (χ4v) is 1.75. The molecule has 0 fully saturated rings. The van der Waals surface area contributed by atoms with Gasteiger partial charge in [0, 0.05) is 6.20 Å². The lowest BCUT2D eigenvalue weighted by molar-refractivity contribution is 0.238. The van der Waals surface area contributed by atoms with Gasteiger partial charge >= 0.3 is 6.03 Å². The van der Waals surface area contributed by atoms with Gasteiger partial charge in [0.15, 0.2) is 0 Å². The second kappa shape index (κ2) is 5.68. The van der Waals surface area contributed by atoms with Gasteiger partial charge in [-0.1, -0.05) is 33.1 Å². The minimum atomic E-state index is -0.0639. The zero-order valence-corrected chi connectivity index (χ0v) is 9.10. The van der Waals surface area contributed by atoms with E-state index in [0.717, 1.165) is 19.3 Å². The van der Waals surface area contributed by atoms with Crippen LogP contribution in [-0.2, 0) is 0 Å². The second-order valence-electron chi connectivity index (χ2n) is 3.78. The van der Waals surface area contributed by atoms with E-state index in [4.69, 9.17) is 0 Å². The van der Waals surface area contributed by atoms with Crippen molar-refractivity contribution in [3.63, 3.8) is 0 Å². The Hall–Kier alpha value is -0.990. The molecule has 1 unspecified atom stereocenters. The Morgan fingerprint density at radius 2 is 2.14 bits per heavy atom. The molecule has 0 radical (unpaired) electrons. The maximum absolute atomic E-state index is 11.1. The number of amides is 2. The van der Waals surface area contributed by atoms with E-state index in [-0.39, 0.29) is 12.1 Å². The molecule has 1 aliphatic heterocycles. The van der Waals surface area contributed by atoms with Gasteiger partial charge in [-0.25, -0.2) is 4.79 Å². The van der Waals surface area contributed by atoms with E-state index in [1.807, 2.05) is 6.20 Å². The van der Waals surface area contributed by atoms with Crippen molar-refractivity contribution >= 4 is 6.03 Å². The van der Waals surface area contributed by atoms with Gasteiger partial charge < -0.3 is 10.6 Å². The highest BCUT2D eigenvalue weighted by atomic mass is 16.2. The molecule has 0 saturated heterocycles. The molecule has 0 aromatic carbocycles. The first kappa shape index (κ1) is 11.1. The molecule has 2 amide bonds. The van der Waals surface area contributed by atoms with Gasteiger partial charge in [-0.15, -0.1) is 0 Å². The lowest BCUT2D eigenvalue weighted by atomic mass is 9.97. The summed E-state index contributed by atoms with van der Waals surface area (Å²) in [7, 11) is 0. The van der Waals surface area contributed by atoms with Crippen LogP contribution in [0.1, 0.15) is 46.0 Å². The largest absolute Gasteiger partial charge is 0.331 e. The van der Waals surface area contributed by atoms with Gasteiger partial charge in [0.25, 0.3) is 0 Å². The molecule has 3 heteroatoms. The molecule has 0 spiro atoms. The van der Waals surface area contributed by atoms with Crippen molar-refractivity contribution in [2.24, 2.45) is 0 Å². The van der Waals surface area contributed by atoms with Gasteiger partial charge in [-0.05, 0) is 18.4 Å². The highest BCUT2D eigenvalue weighted by molar-refractivity contribution is 5.77. The minimum Gasteiger partial charge on any atom is -0.331 e. The van der Waals surface area contributed by atoms with Gasteiger partial charge in [-0.3, -0.25) is 0 Å². The Morgan fingerprint density at radius 1 is 1.36 bits per heavy atom. The van der Waals surface area contributed by atoms with Crippen LogP contribution in [0.2, 0.25) is 0 Å². The Morgan fingerprint density at radius 3 is 2.79 bits per heavy atom. The molecule has 80 valence electrons. The lowest BCUT2D eigenvalue weighted by Gasteiger charge is -2.25. The number of hydrogen-bond acceptors (Lipinski definition) is 1. The van der Waals surface area contributed by atoms with E-state index in [1.54, 1.807) is 0 Å². The molecular formula is C11H20N2O. The van der Waals surface area contributed by atoms with Gasteiger partial charge in [0.05, 0.1) is 6.04 Å². The molecule has 0 aliphatic carbocycles. The molecule has 0 saturated carbocycles. The van der Waals surface area contributed by atoms with Crippen molar-refractivity contribution in [3.8, 4) is 0 Å². The Kier molecular flexibility index (Phi) is 4.50. The van der Waals surface area contributed by atoms with Gasteiger partial charge in [-0.2, -0.15) is 0 Å². The number of unbranched alkanes of at least 4 members (excludes halogenated alkanes) is 1. The fourth-order valence-electron chi connectivity index (χ4n) is 1.75. The zero-order valence-electron chi connectivity index (χ0n) is 9.10. The molecule has 2 N–H and O–H groups in total. The zero-order chi connectivity index (χ0) is 10.4. The van der Waals surface area contributed by atoms with E-state index in [1.165, 1.54) is 18.4 Å². The Bertz CT molecular complexity index is 223. The minimum absolute atomic E-state index is 0.0639. The quantitative estimate of drug-likeness (QED) is 0.697. The molecule has 0 aromatic rings. The van der Waals surface area contributed by atoms with Gasteiger partial charge in [0.1, 0.15) is 0 Å². The van der Waals surface area contributed by atoms with Crippen LogP contribution in [0.25, 0.3) is 0 Å². The third kappa shape index (κ3) is 3.05. The Balaban J connectivity index is 2.53. The highest BCUT2D eigenvalue weighted by Crippen LogP contribution is 2.17. The number of hydrogen-bond donors (Lipinski definition) is 2. The molecule has 1 atom stereocenters. The first-order chi connectivity index (χ1) is 6.77. The summed E-state index contributed by atoms with van der Waals surface area (Å²) in [5.74, 6) is 0. The number of carbonyl (C=O) groups is 1. The van der Waals surface area contributed by atoms with Crippen molar-refractivity contribution in [1.29, 1.82) is 0 Å². The average Bonchev–Trinajstić information content (AvgIpc) is 2.18. The summed E-state index contributed by atoms with van der Waals surface area (Å²) in [6.07, 6.45) is 7.50. The molecule has 1 heterocycles. The molecule has 0 bridgehead atoms. The SMILES string of the molecule is CCCCC1NC(=O)NC=C1CCC. The predicted molar refractivity (Wildman–Crippen MR) is 58.0 cm³/mol. The Labute approximate surface area is 86.0 Å². The summed E-state index contributed by atoms with van der Waals surface area (Å²) in [6.45, 7) is 4.33. The van der Waals surface area contributed by atoms with Crippen molar-refractivity contribution in [2.75, 3.05) is 0 Å². The summed E-state index contributed by atoms with van der Waals surface area (Å²) in [5, 5.41) is 5.68. The molecule has 0 aromatic heterocycles. The van der Waals surface area contributed by atoms with Crippen molar-refractivity contribution in [2.45, 2.75) is 52.0 Å². The van der Waals surface area contributed by atoms with E-state index in [0.29, 0.717) is 0 Å². The van der Waals surface area contributed by atoms with Crippen LogP contribution in [0.5, 0.6) is 0 Å². The van der Waals surface area contributed by atoms with E-state index in [2.05, 4.69) is 24.5 Å². The normalized spacial score (nSPS) is 21.1. The van der Waals surface area contributed by atoms with E-state index >= 15 is 0 Å². The third-order valence-corrected chi connectivity index (χ3v) is 2.53. The predicted octanol–water partition coefficient (Wildman–Crippen LogP) is 2.54. The van der Waals surface area contributed by atoms with Crippen molar-refractivity contribution < 1.29 is 4.79 Å². The van der Waals surface area contributed by atoms with E-state index in [9.17, 15) is 4.79 Å². The molecule has 14 heavy (non-hydrogen) atoms.